The molecular formula is C10H10BrClN2S. The molecular weight excluding hydrogens is 296 g/mol. The van der Waals surface area contributed by atoms with E-state index in [9.17, 15) is 0 Å². The van der Waals surface area contributed by atoms with E-state index in [0.29, 0.717) is 11.6 Å². The van der Waals surface area contributed by atoms with Crippen molar-refractivity contribution in [2.45, 2.75) is 12.8 Å². The van der Waals surface area contributed by atoms with Crippen LogP contribution in [0.2, 0.25) is 5.02 Å². The molecule has 2 rings (SSSR count). The number of fused-ring (bicyclic) bond motifs is 1. The fourth-order valence-electron chi connectivity index (χ4n) is 1.36. The lowest BCUT2D eigenvalue weighted by atomic mass is 10.3. The quantitative estimate of drug-likeness (QED) is 0.941. The third kappa shape index (κ3) is 2.50. The number of aromatic nitrogens is 1. The van der Waals surface area contributed by atoms with Crippen LogP contribution < -0.4 is 5.73 Å². The van der Waals surface area contributed by atoms with Gasteiger partial charge in [-0.3, -0.25) is 0 Å². The second-order valence-electron chi connectivity index (χ2n) is 3.23. The Bertz CT molecular complexity index is 483. The summed E-state index contributed by atoms with van der Waals surface area (Å²) in [6, 6.07) is 3.92. The van der Waals surface area contributed by atoms with Gasteiger partial charge in [0.2, 0.25) is 0 Å². The Hall–Kier alpha value is -0.160. The number of hydrogen-bond acceptors (Lipinski definition) is 3. The van der Waals surface area contributed by atoms with Gasteiger partial charge in [0.05, 0.1) is 14.7 Å². The first-order valence-corrected chi connectivity index (χ1v) is 6.64. The van der Waals surface area contributed by atoms with E-state index in [4.69, 9.17) is 17.3 Å². The van der Waals surface area contributed by atoms with E-state index in [0.717, 1.165) is 32.5 Å². The molecule has 1 heterocycles. The van der Waals surface area contributed by atoms with E-state index in [-0.39, 0.29) is 0 Å². The zero-order valence-electron chi connectivity index (χ0n) is 7.96. The summed E-state index contributed by atoms with van der Waals surface area (Å²) in [5.74, 6) is 0. The van der Waals surface area contributed by atoms with Gasteiger partial charge < -0.3 is 5.73 Å². The van der Waals surface area contributed by atoms with Crippen LogP contribution in [-0.2, 0) is 6.42 Å². The third-order valence-corrected chi connectivity index (χ3v) is 3.86. The number of hydrogen-bond donors (Lipinski definition) is 1. The Balaban J connectivity index is 2.41. The van der Waals surface area contributed by atoms with Crippen molar-refractivity contribution >= 4 is 49.1 Å². The standard InChI is InChI=1S/C10H10BrClN2S/c11-6-4-7(12)10-8(5-6)15-9(14-10)2-1-3-13/h4-5H,1-3,13H2. The van der Waals surface area contributed by atoms with Crippen LogP contribution in [0.5, 0.6) is 0 Å². The summed E-state index contributed by atoms with van der Waals surface area (Å²) in [4.78, 5) is 4.50. The second-order valence-corrected chi connectivity index (χ2v) is 5.67. The predicted octanol–water partition coefficient (Wildman–Crippen LogP) is 3.60. The van der Waals surface area contributed by atoms with Gasteiger partial charge in [-0.1, -0.05) is 27.5 Å². The minimum Gasteiger partial charge on any atom is -0.330 e. The molecule has 0 aliphatic heterocycles. The number of halogens is 2. The largest absolute Gasteiger partial charge is 0.330 e. The molecule has 0 spiro atoms. The van der Waals surface area contributed by atoms with Crippen molar-refractivity contribution in [1.29, 1.82) is 0 Å². The molecule has 2 aromatic rings. The fraction of sp³-hybridized carbons (Fsp3) is 0.300. The van der Waals surface area contributed by atoms with Crippen molar-refractivity contribution in [3.05, 3.63) is 26.6 Å². The highest BCUT2D eigenvalue weighted by Crippen LogP contribution is 2.31. The summed E-state index contributed by atoms with van der Waals surface area (Å²) in [6.07, 6.45) is 1.91. The van der Waals surface area contributed by atoms with Crippen LogP contribution in [0, 0.1) is 0 Å². The molecule has 0 saturated carbocycles. The van der Waals surface area contributed by atoms with Crippen LogP contribution >= 0.6 is 38.9 Å². The number of aryl methyl sites for hydroxylation is 1. The zero-order valence-corrected chi connectivity index (χ0v) is 11.1. The number of thiazole rings is 1. The summed E-state index contributed by atoms with van der Waals surface area (Å²) < 4.78 is 2.12. The second kappa shape index (κ2) is 4.78. The van der Waals surface area contributed by atoms with Crippen molar-refractivity contribution in [3.8, 4) is 0 Å². The van der Waals surface area contributed by atoms with Crippen molar-refractivity contribution in [1.82, 2.24) is 4.98 Å². The van der Waals surface area contributed by atoms with Crippen LogP contribution in [0.15, 0.2) is 16.6 Å². The maximum Gasteiger partial charge on any atom is 0.100 e. The maximum atomic E-state index is 6.10. The van der Waals surface area contributed by atoms with Gasteiger partial charge in [0.1, 0.15) is 5.52 Å². The lowest BCUT2D eigenvalue weighted by Crippen LogP contribution is -1.99. The van der Waals surface area contributed by atoms with Crippen molar-refractivity contribution in [2.75, 3.05) is 6.54 Å². The van der Waals surface area contributed by atoms with Crippen molar-refractivity contribution in [3.63, 3.8) is 0 Å². The first-order chi connectivity index (χ1) is 7.20. The first kappa shape index (κ1) is 11.3. The van der Waals surface area contributed by atoms with Crippen LogP contribution in [0.25, 0.3) is 10.2 Å². The minimum absolute atomic E-state index is 0.702. The molecule has 0 aliphatic carbocycles. The Morgan fingerprint density at radius 2 is 2.27 bits per heavy atom. The molecule has 1 aromatic carbocycles. The first-order valence-electron chi connectivity index (χ1n) is 4.65. The maximum absolute atomic E-state index is 6.10. The molecule has 2 nitrogen and oxygen atoms in total. The van der Waals surface area contributed by atoms with Gasteiger partial charge in [-0.15, -0.1) is 11.3 Å². The van der Waals surface area contributed by atoms with E-state index in [1.54, 1.807) is 11.3 Å². The van der Waals surface area contributed by atoms with Gasteiger partial charge in [0.15, 0.2) is 0 Å². The lowest BCUT2D eigenvalue weighted by molar-refractivity contribution is 0.828. The van der Waals surface area contributed by atoms with E-state index in [1.165, 1.54) is 0 Å². The fourth-order valence-corrected chi connectivity index (χ4v) is 3.50. The normalized spacial score (nSPS) is 11.1. The van der Waals surface area contributed by atoms with E-state index < -0.39 is 0 Å². The lowest BCUT2D eigenvalue weighted by Gasteiger charge is -1.92. The highest BCUT2D eigenvalue weighted by molar-refractivity contribution is 9.10. The van der Waals surface area contributed by atoms with E-state index >= 15 is 0 Å². The smallest absolute Gasteiger partial charge is 0.100 e. The Morgan fingerprint density at radius 1 is 1.47 bits per heavy atom. The topological polar surface area (TPSA) is 38.9 Å². The van der Waals surface area contributed by atoms with E-state index in [2.05, 4.69) is 20.9 Å². The van der Waals surface area contributed by atoms with Gasteiger partial charge >= 0.3 is 0 Å². The molecule has 0 radical (unpaired) electrons. The summed E-state index contributed by atoms with van der Waals surface area (Å²) >= 11 is 11.2. The Kier molecular flexibility index (Phi) is 3.61. The molecule has 1 aromatic heterocycles. The average Bonchev–Trinajstić information content (AvgIpc) is 2.57. The zero-order chi connectivity index (χ0) is 10.8. The van der Waals surface area contributed by atoms with E-state index in [1.807, 2.05) is 12.1 Å². The minimum atomic E-state index is 0.702. The monoisotopic (exact) mass is 304 g/mol. The van der Waals surface area contributed by atoms with Crippen LogP contribution in [0.1, 0.15) is 11.4 Å². The van der Waals surface area contributed by atoms with Gasteiger partial charge in [-0.2, -0.15) is 0 Å². The summed E-state index contributed by atoms with van der Waals surface area (Å²) in [5.41, 5.74) is 6.37. The van der Waals surface area contributed by atoms with Crippen LogP contribution in [-0.4, -0.2) is 11.5 Å². The van der Waals surface area contributed by atoms with Gasteiger partial charge in [-0.05, 0) is 25.1 Å². The molecule has 0 fully saturated rings. The molecule has 5 heteroatoms. The van der Waals surface area contributed by atoms with Crippen LogP contribution in [0.4, 0.5) is 0 Å². The van der Waals surface area contributed by atoms with Crippen LogP contribution in [0.3, 0.4) is 0 Å². The number of nitrogens with two attached hydrogens (primary N) is 1. The van der Waals surface area contributed by atoms with Gasteiger partial charge in [0.25, 0.3) is 0 Å². The Morgan fingerprint density at radius 3 is 3.00 bits per heavy atom. The number of benzene rings is 1. The molecule has 0 saturated heterocycles. The molecule has 2 N–H and O–H groups in total. The summed E-state index contributed by atoms with van der Waals surface area (Å²) in [6.45, 7) is 0.702. The molecule has 0 aliphatic rings. The van der Waals surface area contributed by atoms with Crippen molar-refractivity contribution in [2.24, 2.45) is 5.73 Å². The highest BCUT2D eigenvalue weighted by atomic mass is 79.9. The number of rotatable bonds is 3. The summed E-state index contributed by atoms with van der Waals surface area (Å²) in [7, 11) is 0. The number of nitrogens with zero attached hydrogens (tertiary/aromatic N) is 1. The van der Waals surface area contributed by atoms with Gasteiger partial charge in [-0.25, -0.2) is 4.98 Å². The molecule has 0 unspecified atom stereocenters. The molecule has 80 valence electrons. The molecule has 0 amide bonds. The predicted molar refractivity (Wildman–Crippen MR) is 69.7 cm³/mol. The average molecular weight is 306 g/mol. The summed E-state index contributed by atoms with van der Waals surface area (Å²) in [5, 5.41) is 1.81. The highest BCUT2D eigenvalue weighted by Gasteiger charge is 2.07. The molecule has 0 atom stereocenters. The Labute approximate surface area is 106 Å². The molecule has 0 bridgehead atoms. The van der Waals surface area contributed by atoms with Gasteiger partial charge in [0, 0.05) is 10.9 Å². The third-order valence-electron chi connectivity index (χ3n) is 2.05. The SMILES string of the molecule is NCCCc1nc2c(Cl)cc(Br)cc2s1. The molecule has 15 heavy (non-hydrogen) atoms. The van der Waals surface area contributed by atoms with Crippen molar-refractivity contribution < 1.29 is 0 Å².